The summed E-state index contributed by atoms with van der Waals surface area (Å²) in [7, 11) is 0. The molecule has 0 saturated carbocycles. The number of nitriles is 1. The van der Waals surface area contributed by atoms with Gasteiger partial charge in [0.15, 0.2) is 0 Å². The molecule has 0 aliphatic rings. The summed E-state index contributed by atoms with van der Waals surface area (Å²) in [6.45, 7) is 3.56. The first-order valence-corrected chi connectivity index (χ1v) is 9.80. The normalized spacial score (nSPS) is 10.5. The molecule has 9 heteroatoms. The number of esters is 1. The van der Waals surface area contributed by atoms with Crippen molar-refractivity contribution in [2.45, 2.75) is 18.7 Å². The molecule has 0 saturated heterocycles. The van der Waals surface area contributed by atoms with Crippen molar-refractivity contribution in [3.05, 3.63) is 56.8 Å². The number of anilines is 1. The average molecular weight is 414 g/mol. The second-order valence-corrected chi connectivity index (χ2v) is 7.38. The Bertz CT molecular complexity index is 1170. The Hall–Kier alpha value is -3.09. The third-order valence-corrected chi connectivity index (χ3v) is 5.94. The van der Waals surface area contributed by atoms with Crippen molar-refractivity contribution < 1.29 is 18.7 Å². The summed E-state index contributed by atoms with van der Waals surface area (Å²) in [5, 5.41) is 14.5. The van der Waals surface area contributed by atoms with E-state index in [0.717, 1.165) is 23.1 Å². The van der Waals surface area contributed by atoms with Gasteiger partial charge in [0.05, 0.1) is 11.5 Å². The quantitative estimate of drug-likeness (QED) is 0.289. The van der Waals surface area contributed by atoms with Gasteiger partial charge in [-0.1, -0.05) is 18.2 Å². The maximum atomic E-state index is 12.7. The summed E-state index contributed by atoms with van der Waals surface area (Å²) in [6, 6.07) is 8.29. The Kier molecular flexibility index (Phi) is 5.82. The first-order chi connectivity index (χ1) is 13.5. The monoisotopic (exact) mass is 414 g/mol. The van der Waals surface area contributed by atoms with Crippen molar-refractivity contribution in [2.24, 2.45) is 0 Å². The van der Waals surface area contributed by atoms with Gasteiger partial charge in [-0.05, 0) is 43.3 Å². The smallest absolute Gasteiger partial charge is 0.349 e. The number of nitrogens with one attached hydrogen (secondary N) is 1. The molecule has 0 unspecified atom stereocenters. The molecule has 0 fully saturated rings. The van der Waals surface area contributed by atoms with Crippen LogP contribution in [0.5, 0.6) is 0 Å². The Morgan fingerprint density at radius 3 is 2.82 bits per heavy atom. The molecule has 2 heterocycles. The van der Waals surface area contributed by atoms with Crippen LogP contribution in [0.3, 0.4) is 0 Å². The van der Waals surface area contributed by atoms with Gasteiger partial charge in [-0.15, -0.1) is 11.3 Å². The number of ether oxygens (including phenoxy) is 1. The lowest BCUT2D eigenvalue weighted by molar-refractivity contribution is 0.0531. The second kappa shape index (κ2) is 8.29. The number of hydrogen-bond acceptors (Lipinski definition) is 8. The number of carbonyl (C=O) groups is 2. The molecule has 1 amide bonds. The summed E-state index contributed by atoms with van der Waals surface area (Å²) in [4.78, 5) is 37.7. The number of thiocyanates is 1. The van der Waals surface area contributed by atoms with Crippen LogP contribution in [0, 0.1) is 17.6 Å². The van der Waals surface area contributed by atoms with Crippen LogP contribution < -0.4 is 10.9 Å². The zero-order valence-corrected chi connectivity index (χ0v) is 16.5. The predicted octanol–water partition coefficient (Wildman–Crippen LogP) is 4.17. The average Bonchev–Trinajstić information content (AvgIpc) is 2.97. The highest BCUT2D eigenvalue weighted by Crippen LogP contribution is 2.40. The van der Waals surface area contributed by atoms with Gasteiger partial charge < -0.3 is 14.5 Å². The van der Waals surface area contributed by atoms with Crippen LogP contribution in [0.15, 0.2) is 44.4 Å². The molecule has 142 valence electrons. The first-order valence-electron chi connectivity index (χ1n) is 8.17. The number of rotatable bonds is 5. The van der Waals surface area contributed by atoms with Crippen LogP contribution >= 0.6 is 23.1 Å². The van der Waals surface area contributed by atoms with Crippen molar-refractivity contribution in [3.63, 3.8) is 0 Å². The summed E-state index contributed by atoms with van der Waals surface area (Å²) in [6.07, 6.45) is 0. The largest absolute Gasteiger partial charge is 0.462 e. The van der Waals surface area contributed by atoms with Crippen molar-refractivity contribution >= 4 is 50.9 Å². The number of thiophene rings is 1. The van der Waals surface area contributed by atoms with E-state index in [1.165, 1.54) is 6.07 Å². The van der Waals surface area contributed by atoms with E-state index in [1.54, 1.807) is 38.1 Å². The van der Waals surface area contributed by atoms with Crippen LogP contribution in [0.1, 0.15) is 32.5 Å². The molecule has 3 aromatic rings. The maximum Gasteiger partial charge on any atom is 0.349 e. The van der Waals surface area contributed by atoms with E-state index in [4.69, 9.17) is 14.4 Å². The van der Waals surface area contributed by atoms with Gasteiger partial charge in [0, 0.05) is 5.39 Å². The fourth-order valence-corrected chi connectivity index (χ4v) is 4.33. The van der Waals surface area contributed by atoms with Crippen LogP contribution in [0.2, 0.25) is 0 Å². The van der Waals surface area contributed by atoms with E-state index < -0.39 is 17.5 Å². The third-order valence-electron chi connectivity index (χ3n) is 3.81. The molecule has 0 radical (unpaired) electrons. The fraction of sp³-hybridized carbons (Fsp3) is 0.158. The van der Waals surface area contributed by atoms with Gasteiger partial charge in [0.2, 0.25) is 0 Å². The molecule has 0 aliphatic carbocycles. The number of para-hydroxylation sites is 1. The molecule has 0 spiro atoms. The highest BCUT2D eigenvalue weighted by atomic mass is 32.2. The molecule has 3 rings (SSSR count). The molecular weight excluding hydrogens is 400 g/mol. The number of nitrogens with zero attached hydrogens (tertiary/aromatic N) is 1. The first kappa shape index (κ1) is 19.7. The lowest BCUT2D eigenvalue weighted by atomic mass is 10.2. The minimum atomic E-state index is -0.774. The minimum Gasteiger partial charge on any atom is -0.462 e. The summed E-state index contributed by atoms with van der Waals surface area (Å²) in [5.41, 5.74) is -0.0305. The standard InChI is InChI=1S/C19H14N2O5S2/c1-3-25-19(24)15-10(2)14(27-9-20)17(28-15)21-16(22)12-8-11-6-4-5-7-13(11)26-18(12)23/h4-8H,3H2,1-2H3,(H,21,22). The molecule has 0 aliphatic heterocycles. The maximum absolute atomic E-state index is 12.7. The molecule has 1 N–H and O–H groups in total. The summed E-state index contributed by atoms with van der Waals surface area (Å²) < 4.78 is 10.2. The zero-order valence-electron chi connectivity index (χ0n) is 14.9. The molecule has 2 aromatic heterocycles. The van der Waals surface area contributed by atoms with Crippen LogP contribution in [-0.2, 0) is 4.74 Å². The van der Waals surface area contributed by atoms with Gasteiger partial charge in [-0.2, -0.15) is 5.26 Å². The minimum absolute atomic E-state index is 0.171. The molecule has 7 nitrogen and oxygen atoms in total. The van der Waals surface area contributed by atoms with Gasteiger partial charge in [-0.25, -0.2) is 9.59 Å². The van der Waals surface area contributed by atoms with Gasteiger partial charge >= 0.3 is 11.6 Å². The van der Waals surface area contributed by atoms with E-state index in [2.05, 4.69) is 5.32 Å². The number of amides is 1. The van der Waals surface area contributed by atoms with Crippen molar-refractivity contribution in [1.29, 1.82) is 5.26 Å². The topological polar surface area (TPSA) is 109 Å². The number of hydrogen-bond donors (Lipinski definition) is 1. The summed E-state index contributed by atoms with van der Waals surface area (Å²) >= 11 is 1.82. The van der Waals surface area contributed by atoms with Gasteiger partial charge in [0.25, 0.3) is 5.91 Å². The number of carbonyl (C=O) groups excluding carboxylic acids is 2. The highest BCUT2D eigenvalue weighted by Gasteiger charge is 2.24. The highest BCUT2D eigenvalue weighted by molar-refractivity contribution is 8.04. The van der Waals surface area contributed by atoms with Crippen LogP contribution in [0.25, 0.3) is 11.0 Å². The molecule has 0 bridgehead atoms. The zero-order chi connectivity index (χ0) is 20.3. The molecule has 1 aromatic carbocycles. The Labute approximate surface area is 167 Å². The lowest BCUT2D eigenvalue weighted by Crippen LogP contribution is -2.20. The fourth-order valence-electron chi connectivity index (χ4n) is 2.53. The Balaban J connectivity index is 1.99. The van der Waals surface area contributed by atoms with Gasteiger partial charge in [0.1, 0.15) is 26.4 Å². The predicted molar refractivity (Wildman–Crippen MR) is 107 cm³/mol. The molecule has 0 atom stereocenters. The second-order valence-electron chi connectivity index (χ2n) is 5.57. The van der Waals surface area contributed by atoms with Gasteiger partial charge in [-0.3, -0.25) is 4.79 Å². The van der Waals surface area contributed by atoms with Crippen molar-refractivity contribution in [3.8, 4) is 5.40 Å². The number of fused-ring (bicyclic) bond motifs is 1. The molecular formula is C19H14N2O5S2. The lowest BCUT2D eigenvalue weighted by Gasteiger charge is -2.05. The SMILES string of the molecule is CCOC(=O)c1sc(NC(=O)c2cc3ccccc3oc2=O)c(SC#N)c1C. The van der Waals surface area contributed by atoms with Crippen LogP contribution in [0.4, 0.5) is 5.00 Å². The number of benzene rings is 1. The van der Waals surface area contributed by atoms with E-state index in [9.17, 15) is 14.4 Å². The third kappa shape index (κ3) is 3.78. The van der Waals surface area contributed by atoms with Crippen molar-refractivity contribution in [1.82, 2.24) is 0 Å². The Morgan fingerprint density at radius 2 is 2.11 bits per heavy atom. The van der Waals surface area contributed by atoms with E-state index in [-0.39, 0.29) is 12.2 Å². The van der Waals surface area contributed by atoms with Crippen molar-refractivity contribution in [2.75, 3.05) is 11.9 Å². The Morgan fingerprint density at radius 1 is 1.36 bits per heavy atom. The van der Waals surface area contributed by atoms with Crippen LogP contribution in [-0.4, -0.2) is 18.5 Å². The summed E-state index contributed by atoms with van der Waals surface area (Å²) in [5.74, 6) is -1.22. The van der Waals surface area contributed by atoms with E-state index in [0.29, 0.717) is 31.3 Å². The van der Waals surface area contributed by atoms with E-state index in [1.807, 2.05) is 5.40 Å². The molecule has 28 heavy (non-hydrogen) atoms. The van der Waals surface area contributed by atoms with E-state index >= 15 is 0 Å². The number of thioether (sulfide) groups is 1.